The van der Waals surface area contributed by atoms with Crippen molar-refractivity contribution in [3.63, 3.8) is 0 Å². The molecule has 0 saturated heterocycles. The van der Waals surface area contributed by atoms with Crippen molar-refractivity contribution in [2.75, 3.05) is 24.3 Å². The number of sulfonamides is 1. The Bertz CT molecular complexity index is 1140. The third-order valence-corrected chi connectivity index (χ3v) is 5.77. The summed E-state index contributed by atoms with van der Waals surface area (Å²) < 4.78 is 37.9. The van der Waals surface area contributed by atoms with Crippen LogP contribution >= 0.6 is 0 Å². The average molecular weight is 426 g/mol. The van der Waals surface area contributed by atoms with E-state index >= 15 is 0 Å². The fourth-order valence-electron chi connectivity index (χ4n) is 2.74. The van der Waals surface area contributed by atoms with Crippen LogP contribution in [0.5, 0.6) is 11.5 Å². The van der Waals surface area contributed by atoms with Crippen LogP contribution in [0.1, 0.15) is 15.9 Å². The maximum absolute atomic E-state index is 12.5. The molecule has 156 valence electrons. The Morgan fingerprint density at radius 1 is 0.800 bits per heavy atom. The highest BCUT2D eigenvalue weighted by Gasteiger charge is 2.14. The van der Waals surface area contributed by atoms with Gasteiger partial charge in [-0.1, -0.05) is 17.7 Å². The Kier molecular flexibility index (Phi) is 6.27. The van der Waals surface area contributed by atoms with E-state index in [0.29, 0.717) is 28.4 Å². The maximum atomic E-state index is 12.5. The first-order valence-electron chi connectivity index (χ1n) is 9.05. The van der Waals surface area contributed by atoms with Gasteiger partial charge < -0.3 is 14.8 Å². The molecule has 1 amide bonds. The molecule has 0 radical (unpaired) electrons. The van der Waals surface area contributed by atoms with Crippen molar-refractivity contribution in [3.05, 3.63) is 77.9 Å². The van der Waals surface area contributed by atoms with Gasteiger partial charge in [0.25, 0.3) is 15.9 Å². The summed E-state index contributed by atoms with van der Waals surface area (Å²) in [5, 5.41) is 2.77. The predicted octanol–water partition coefficient (Wildman–Crippen LogP) is 4.07. The molecule has 0 heterocycles. The lowest BCUT2D eigenvalue weighted by Gasteiger charge is -2.11. The number of carbonyl (C=O) groups excluding carboxylic acids is 1. The number of nitrogens with one attached hydrogen (secondary N) is 2. The zero-order chi connectivity index (χ0) is 21.7. The molecule has 0 bridgehead atoms. The SMILES string of the molecule is COc1ccc(NC(=O)c2ccc(NS(=O)(=O)c3ccc(C)cc3)cc2)cc1OC. The second kappa shape index (κ2) is 8.87. The number of methoxy groups -OCH3 is 2. The third-order valence-electron chi connectivity index (χ3n) is 4.37. The smallest absolute Gasteiger partial charge is 0.261 e. The van der Waals surface area contributed by atoms with Gasteiger partial charge in [-0.25, -0.2) is 8.42 Å². The molecule has 0 aliphatic carbocycles. The summed E-state index contributed by atoms with van der Waals surface area (Å²) in [5.74, 6) is 0.715. The lowest BCUT2D eigenvalue weighted by atomic mass is 10.2. The lowest BCUT2D eigenvalue weighted by Crippen LogP contribution is -2.14. The zero-order valence-electron chi connectivity index (χ0n) is 16.8. The zero-order valence-corrected chi connectivity index (χ0v) is 17.6. The predicted molar refractivity (Wildman–Crippen MR) is 116 cm³/mol. The summed E-state index contributed by atoms with van der Waals surface area (Å²) in [6.07, 6.45) is 0. The Balaban J connectivity index is 1.70. The Hall–Kier alpha value is -3.52. The Morgan fingerprint density at radius 2 is 1.40 bits per heavy atom. The van der Waals surface area contributed by atoms with E-state index in [9.17, 15) is 13.2 Å². The van der Waals surface area contributed by atoms with Crippen molar-refractivity contribution >= 4 is 27.3 Å². The van der Waals surface area contributed by atoms with Gasteiger partial charge in [0, 0.05) is 23.0 Å². The molecule has 8 heteroatoms. The van der Waals surface area contributed by atoms with Crippen LogP contribution in [0.15, 0.2) is 71.6 Å². The first-order chi connectivity index (χ1) is 14.3. The van der Waals surface area contributed by atoms with Crippen molar-refractivity contribution in [1.29, 1.82) is 0 Å². The second-order valence-corrected chi connectivity index (χ2v) is 8.20. The lowest BCUT2D eigenvalue weighted by molar-refractivity contribution is 0.102. The topological polar surface area (TPSA) is 93.7 Å². The summed E-state index contributed by atoms with van der Waals surface area (Å²) in [4.78, 5) is 12.7. The van der Waals surface area contributed by atoms with Gasteiger partial charge in [-0.3, -0.25) is 9.52 Å². The molecule has 2 N–H and O–H groups in total. The van der Waals surface area contributed by atoms with Gasteiger partial charge in [0.2, 0.25) is 0 Å². The minimum Gasteiger partial charge on any atom is -0.493 e. The molecule has 0 unspecified atom stereocenters. The molecule has 0 atom stereocenters. The number of rotatable bonds is 7. The second-order valence-electron chi connectivity index (χ2n) is 6.52. The highest BCUT2D eigenvalue weighted by Crippen LogP contribution is 2.30. The number of ether oxygens (including phenoxy) is 2. The van der Waals surface area contributed by atoms with Gasteiger partial charge in [0.1, 0.15) is 0 Å². The van der Waals surface area contributed by atoms with Gasteiger partial charge in [-0.15, -0.1) is 0 Å². The number of hydrogen-bond acceptors (Lipinski definition) is 5. The van der Waals surface area contributed by atoms with Crippen LogP contribution in [0.2, 0.25) is 0 Å². The molecule has 0 saturated carbocycles. The van der Waals surface area contributed by atoms with E-state index < -0.39 is 10.0 Å². The normalized spacial score (nSPS) is 10.9. The van der Waals surface area contributed by atoms with Crippen LogP contribution in [0.25, 0.3) is 0 Å². The van der Waals surface area contributed by atoms with E-state index in [2.05, 4.69) is 10.0 Å². The fraction of sp³-hybridized carbons (Fsp3) is 0.136. The molecular formula is C22H22N2O5S. The maximum Gasteiger partial charge on any atom is 0.261 e. The summed E-state index contributed by atoms with van der Waals surface area (Å²) in [6.45, 7) is 1.88. The number of hydrogen-bond donors (Lipinski definition) is 2. The van der Waals surface area contributed by atoms with Gasteiger partial charge in [-0.2, -0.15) is 0 Å². The molecule has 0 fully saturated rings. The summed E-state index contributed by atoms with van der Waals surface area (Å²) in [7, 11) is -0.656. The third kappa shape index (κ3) is 4.90. The molecule has 0 aliphatic heterocycles. The van der Waals surface area contributed by atoms with Crippen molar-refractivity contribution in [2.24, 2.45) is 0 Å². The van der Waals surface area contributed by atoms with Gasteiger partial charge >= 0.3 is 0 Å². The Labute approximate surface area is 175 Å². The fourth-order valence-corrected chi connectivity index (χ4v) is 3.80. The van der Waals surface area contributed by atoms with E-state index in [1.165, 1.54) is 26.4 Å². The van der Waals surface area contributed by atoms with E-state index in [-0.39, 0.29) is 10.8 Å². The number of carbonyl (C=O) groups is 1. The van der Waals surface area contributed by atoms with Gasteiger partial charge in [0.15, 0.2) is 11.5 Å². The van der Waals surface area contributed by atoms with Crippen molar-refractivity contribution in [2.45, 2.75) is 11.8 Å². The summed E-state index contributed by atoms with van der Waals surface area (Å²) in [6, 6.07) is 17.8. The van der Waals surface area contributed by atoms with Crippen LogP contribution in [0.4, 0.5) is 11.4 Å². The van der Waals surface area contributed by atoms with Crippen LogP contribution in [-0.4, -0.2) is 28.5 Å². The minimum absolute atomic E-state index is 0.170. The average Bonchev–Trinajstić information content (AvgIpc) is 2.74. The first-order valence-corrected chi connectivity index (χ1v) is 10.5. The Morgan fingerprint density at radius 3 is 2.00 bits per heavy atom. The van der Waals surface area contributed by atoms with Crippen molar-refractivity contribution < 1.29 is 22.7 Å². The van der Waals surface area contributed by atoms with Crippen molar-refractivity contribution in [3.8, 4) is 11.5 Å². The molecular weight excluding hydrogens is 404 g/mol. The summed E-state index contributed by atoms with van der Waals surface area (Å²) >= 11 is 0. The van der Waals surface area contributed by atoms with E-state index in [1.807, 2.05) is 6.92 Å². The van der Waals surface area contributed by atoms with Crippen molar-refractivity contribution in [1.82, 2.24) is 0 Å². The molecule has 0 aliphatic rings. The van der Waals surface area contributed by atoms with E-state index in [0.717, 1.165) is 5.56 Å². The number of aryl methyl sites for hydroxylation is 1. The standard InChI is InChI=1S/C22H22N2O5S/c1-15-4-11-19(12-5-15)30(26,27)24-17-8-6-16(7-9-17)22(25)23-18-10-13-20(28-2)21(14-18)29-3/h4-14,24H,1-3H3,(H,23,25). The van der Waals surface area contributed by atoms with E-state index in [4.69, 9.17) is 9.47 Å². The molecule has 3 aromatic rings. The molecule has 0 spiro atoms. The number of amides is 1. The van der Waals surface area contributed by atoms with Gasteiger partial charge in [0.05, 0.1) is 19.1 Å². The molecule has 30 heavy (non-hydrogen) atoms. The number of anilines is 2. The van der Waals surface area contributed by atoms with E-state index in [1.54, 1.807) is 54.6 Å². The molecule has 0 aromatic heterocycles. The molecule has 3 rings (SSSR count). The highest BCUT2D eigenvalue weighted by molar-refractivity contribution is 7.92. The van der Waals surface area contributed by atoms with Crippen LogP contribution in [0, 0.1) is 6.92 Å². The quantitative estimate of drug-likeness (QED) is 0.594. The summed E-state index contributed by atoms with van der Waals surface area (Å²) in [5.41, 5.74) is 2.25. The van der Waals surface area contributed by atoms with Crippen LogP contribution in [0.3, 0.4) is 0 Å². The monoisotopic (exact) mass is 426 g/mol. The minimum atomic E-state index is -3.70. The largest absolute Gasteiger partial charge is 0.493 e. The van der Waals surface area contributed by atoms with Crippen LogP contribution in [-0.2, 0) is 10.0 Å². The highest BCUT2D eigenvalue weighted by atomic mass is 32.2. The van der Waals surface area contributed by atoms with Crippen LogP contribution < -0.4 is 19.5 Å². The molecule has 7 nitrogen and oxygen atoms in total. The van der Waals surface area contributed by atoms with Gasteiger partial charge in [-0.05, 0) is 55.5 Å². The molecule has 3 aromatic carbocycles. The number of benzene rings is 3. The first kappa shape index (κ1) is 21.2.